The van der Waals surface area contributed by atoms with Crippen LogP contribution in [0.5, 0.6) is 0 Å². The molecule has 2 amide bonds. The zero-order valence-electron chi connectivity index (χ0n) is 13.1. The van der Waals surface area contributed by atoms with Crippen LogP contribution in [0.1, 0.15) is 46.0 Å². The van der Waals surface area contributed by atoms with Crippen molar-refractivity contribution in [2.45, 2.75) is 52.0 Å². The SMILES string of the molecule is CC(C)CCOCCNC(=O)NC1CCCC(C(=O)O)C1. The number of carboxylic acids is 1. The Morgan fingerprint density at radius 1 is 1.29 bits per heavy atom. The first-order valence-corrected chi connectivity index (χ1v) is 7.84. The fourth-order valence-electron chi connectivity index (χ4n) is 2.44. The molecule has 2 unspecified atom stereocenters. The van der Waals surface area contributed by atoms with Crippen molar-refractivity contribution in [3.05, 3.63) is 0 Å². The second-order valence-electron chi connectivity index (χ2n) is 6.09. The molecule has 0 aromatic rings. The van der Waals surface area contributed by atoms with Crippen molar-refractivity contribution in [2.24, 2.45) is 11.8 Å². The van der Waals surface area contributed by atoms with Crippen molar-refractivity contribution in [1.29, 1.82) is 0 Å². The zero-order chi connectivity index (χ0) is 15.7. The van der Waals surface area contributed by atoms with Crippen molar-refractivity contribution < 1.29 is 19.4 Å². The predicted octanol–water partition coefficient (Wildman–Crippen LogP) is 1.99. The lowest BCUT2D eigenvalue weighted by Gasteiger charge is -2.27. The molecule has 1 saturated carbocycles. The van der Waals surface area contributed by atoms with Gasteiger partial charge in [-0.15, -0.1) is 0 Å². The van der Waals surface area contributed by atoms with E-state index in [0.717, 1.165) is 19.3 Å². The molecule has 1 fully saturated rings. The van der Waals surface area contributed by atoms with Crippen molar-refractivity contribution in [2.75, 3.05) is 19.8 Å². The highest BCUT2D eigenvalue weighted by molar-refractivity contribution is 5.74. The fourth-order valence-corrected chi connectivity index (χ4v) is 2.44. The normalized spacial score (nSPS) is 22.0. The molecule has 6 nitrogen and oxygen atoms in total. The van der Waals surface area contributed by atoms with Crippen LogP contribution in [0, 0.1) is 11.8 Å². The Kier molecular flexibility index (Phi) is 8.12. The van der Waals surface area contributed by atoms with Crippen molar-refractivity contribution in [1.82, 2.24) is 10.6 Å². The first-order valence-electron chi connectivity index (χ1n) is 7.84. The van der Waals surface area contributed by atoms with E-state index in [1.54, 1.807) is 0 Å². The van der Waals surface area contributed by atoms with Gasteiger partial charge in [0.25, 0.3) is 0 Å². The van der Waals surface area contributed by atoms with Crippen molar-refractivity contribution >= 4 is 12.0 Å². The minimum atomic E-state index is -0.763. The maximum Gasteiger partial charge on any atom is 0.315 e. The number of hydrogen-bond acceptors (Lipinski definition) is 3. The number of amides is 2. The van der Waals surface area contributed by atoms with Crippen LogP contribution in [0.25, 0.3) is 0 Å². The maximum atomic E-state index is 11.7. The van der Waals surface area contributed by atoms with Gasteiger partial charge in [0.15, 0.2) is 0 Å². The molecule has 0 spiro atoms. The minimum Gasteiger partial charge on any atom is -0.481 e. The van der Waals surface area contributed by atoms with Gasteiger partial charge in [-0.2, -0.15) is 0 Å². The molecule has 1 rings (SSSR count). The van der Waals surface area contributed by atoms with Gasteiger partial charge in [-0.25, -0.2) is 4.79 Å². The van der Waals surface area contributed by atoms with E-state index in [2.05, 4.69) is 24.5 Å². The highest BCUT2D eigenvalue weighted by atomic mass is 16.5. The molecular formula is C15H28N2O4. The molecule has 122 valence electrons. The Bertz CT molecular complexity index is 334. The molecule has 1 aliphatic carbocycles. The first-order chi connectivity index (χ1) is 9.99. The smallest absolute Gasteiger partial charge is 0.315 e. The number of ether oxygens (including phenoxy) is 1. The summed E-state index contributed by atoms with van der Waals surface area (Å²) < 4.78 is 5.41. The summed E-state index contributed by atoms with van der Waals surface area (Å²) in [6.07, 6.45) is 3.94. The Morgan fingerprint density at radius 2 is 2.05 bits per heavy atom. The number of urea groups is 1. The van der Waals surface area contributed by atoms with E-state index in [1.807, 2.05) is 0 Å². The summed E-state index contributed by atoms with van der Waals surface area (Å²) in [5, 5.41) is 14.6. The van der Waals surface area contributed by atoms with Crippen LogP contribution in [0.3, 0.4) is 0 Å². The van der Waals surface area contributed by atoms with E-state index in [4.69, 9.17) is 9.84 Å². The average molecular weight is 300 g/mol. The Balaban J connectivity index is 2.09. The van der Waals surface area contributed by atoms with E-state index >= 15 is 0 Å². The van der Waals surface area contributed by atoms with Gasteiger partial charge in [0.05, 0.1) is 12.5 Å². The molecule has 0 bridgehead atoms. The summed E-state index contributed by atoms with van der Waals surface area (Å²) in [5.74, 6) is -0.474. The van der Waals surface area contributed by atoms with E-state index in [-0.39, 0.29) is 18.0 Å². The van der Waals surface area contributed by atoms with Crippen LogP contribution in [0.2, 0.25) is 0 Å². The summed E-state index contributed by atoms with van der Waals surface area (Å²) in [7, 11) is 0. The van der Waals surface area contributed by atoms with E-state index < -0.39 is 5.97 Å². The third-order valence-electron chi connectivity index (χ3n) is 3.73. The van der Waals surface area contributed by atoms with Gasteiger partial charge >= 0.3 is 12.0 Å². The van der Waals surface area contributed by atoms with Gasteiger partial charge < -0.3 is 20.5 Å². The van der Waals surface area contributed by atoms with Crippen molar-refractivity contribution in [3.63, 3.8) is 0 Å². The Hall–Kier alpha value is -1.30. The number of hydrogen-bond donors (Lipinski definition) is 3. The third kappa shape index (κ3) is 7.90. The molecule has 2 atom stereocenters. The highest BCUT2D eigenvalue weighted by Crippen LogP contribution is 2.24. The molecule has 1 aliphatic rings. The molecule has 3 N–H and O–H groups in total. The Morgan fingerprint density at radius 3 is 2.71 bits per heavy atom. The lowest BCUT2D eigenvalue weighted by Crippen LogP contribution is -2.45. The number of rotatable bonds is 8. The second-order valence-corrected chi connectivity index (χ2v) is 6.09. The monoisotopic (exact) mass is 300 g/mol. The molecule has 21 heavy (non-hydrogen) atoms. The zero-order valence-corrected chi connectivity index (χ0v) is 13.1. The summed E-state index contributed by atoms with van der Waals surface area (Å²) in [4.78, 5) is 22.7. The number of aliphatic carboxylic acids is 1. The molecule has 0 heterocycles. The first kappa shape index (κ1) is 17.8. The molecule has 6 heteroatoms. The van der Waals surface area contributed by atoms with E-state index in [9.17, 15) is 9.59 Å². The van der Waals surface area contributed by atoms with Gasteiger partial charge in [-0.1, -0.05) is 20.3 Å². The minimum absolute atomic E-state index is 0.0401. The Labute approximate surface area is 126 Å². The van der Waals surface area contributed by atoms with Crippen LogP contribution >= 0.6 is 0 Å². The highest BCUT2D eigenvalue weighted by Gasteiger charge is 2.27. The molecule has 0 aromatic heterocycles. The average Bonchev–Trinajstić information content (AvgIpc) is 2.42. The lowest BCUT2D eigenvalue weighted by atomic mass is 9.86. The number of carbonyl (C=O) groups excluding carboxylic acids is 1. The standard InChI is InChI=1S/C15H28N2O4/c1-11(2)6-8-21-9-7-16-15(20)17-13-5-3-4-12(10-13)14(18)19/h11-13H,3-10H2,1-2H3,(H,18,19)(H2,16,17,20). The molecule has 0 aromatic carbocycles. The van der Waals surface area contributed by atoms with Gasteiger partial charge in [0.2, 0.25) is 0 Å². The quantitative estimate of drug-likeness (QED) is 0.598. The van der Waals surface area contributed by atoms with Gasteiger partial charge in [-0.05, 0) is 31.6 Å². The second kappa shape index (κ2) is 9.60. The molecular weight excluding hydrogens is 272 g/mol. The number of nitrogens with one attached hydrogen (secondary N) is 2. The van der Waals surface area contributed by atoms with Crippen LogP contribution in [0.4, 0.5) is 4.79 Å². The maximum absolute atomic E-state index is 11.7. The molecule has 0 radical (unpaired) electrons. The summed E-state index contributed by atoms with van der Waals surface area (Å²) >= 11 is 0. The lowest BCUT2D eigenvalue weighted by molar-refractivity contribution is -0.143. The van der Waals surface area contributed by atoms with Gasteiger partial charge in [-0.3, -0.25) is 4.79 Å². The predicted molar refractivity (Wildman–Crippen MR) is 80.2 cm³/mol. The van der Waals surface area contributed by atoms with Crippen molar-refractivity contribution in [3.8, 4) is 0 Å². The fraction of sp³-hybridized carbons (Fsp3) is 0.867. The van der Waals surface area contributed by atoms with Crippen LogP contribution in [0.15, 0.2) is 0 Å². The topological polar surface area (TPSA) is 87.7 Å². The molecule has 0 aliphatic heterocycles. The van der Waals surface area contributed by atoms with Gasteiger partial charge in [0, 0.05) is 19.2 Å². The number of carboxylic acid groups (broad SMARTS) is 1. The summed E-state index contributed by atoms with van der Waals surface area (Å²) in [6.45, 7) is 5.97. The summed E-state index contributed by atoms with van der Waals surface area (Å²) in [5.41, 5.74) is 0. The molecule has 0 saturated heterocycles. The van der Waals surface area contributed by atoms with Crippen LogP contribution in [-0.2, 0) is 9.53 Å². The van der Waals surface area contributed by atoms with Crippen LogP contribution in [-0.4, -0.2) is 42.9 Å². The third-order valence-corrected chi connectivity index (χ3v) is 3.73. The van der Waals surface area contributed by atoms with E-state index in [1.165, 1.54) is 0 Å². The van der Waals surface area contributed by atoms with Gasteiger partial charge in [0.1, 0.15) is 0 Å². The van der Waals surface area contributed by atoms with Crippen LogP contribution < -0.4 is 10.6 Å². The van der Waals surface area contributed by atoms with E-state index in [0.29, 0.717) is 38.5 Å². The summed E-state index contributed by atoms with van der Waals surface area (Å²) in [6, 6.07) is -0.278. The number of carbonyl (C=O) groups is 2. The largest absolute Gasteiger partial charge is 0.481 e.